The van der Waals surface area contributed by atoms with Gasteiger partial charge in [-0.15, -0.1) is 0 Å². The monoisotopic (exact) mass is 257 g/mol. The van der Waals surface area contributed by atoms with Crippen LogP contribution in [0.4, 0.5) is 4.39 Å². The van der Waals surface area contributed by atoms with Crippen LogP contribution in [0.1, 0.15) is 22.3 Å². The van der Waals surface area contributed by atoms with Gasteiger partial charge < -0.3 is 5.73 Å². The fourth-order valence-electron chi connectivity index (χ4n) is 2.64. The number of aryl methyl sites for hydroxylation is 3. The zero-order valence-corrected chi connectivity index (χ0v) is 11.8. The Morgan fingerprint density at radius 1 is 0.947 bits per heavy atom. The first kappa shape index (κ1) is 13.8. The molecule has 0 bridgehead atoms. The van der Waals surface area contributed by atoms with Gasteiger partial charge in [-0.3, -0.25) is 0 Å². The minimum absolute atomic E-state index is 0.189. The molecule has 0 aliphatic heterocycles. The van der Waals surface area contributed by atoms with E-state index in [1.165, 1.54) is 28.3 Å². The SMILES string of the molecule is Cc1cc(C)c(CCN)c(-c2ccc(F)cc2C)c1. The Labute approximate surface area is 114 Å². The molecule has 2 aromatic carbocycles. The molecule has 0 unspecified atom stereocenters. The standard InChI is InChI=1S/C17H20FN/c1-11-8-12(2)16(6-7-19)17(9-11)15-5-4-14(18)10-13(15)3/h4-5,8-10H,6-7,19H2,1-3H3. The van der Waals surface area contributed by atoms with Gasteiger partial charge in [0.1, 0.15) is 5.82 Å². The third-order valence-corrected chi connectivity index (χ3v) is 3.49. The Bertz CT molecular complexity index is 602. The summed E-state index contributed by atoms with van der Waals surface area (Å²) in [6.07, 6.45) is 0.845. The first-order chi connectivity index (χ1) is 9.02. The number of nitrogens with two attached hydrogens (primary N) is 1. The fourth-order valence-corrected chi connectivity index (χ4v) is 2.64. The summed E-state index contributed by atoms with van der Waals surface area (Å²) in [4.78, 5) is 0. The highest BCUT2D eigenvalue weighted by molar-refractivity contribution is 5.72. The van der Waals surface area contributed by atoms with Crippen LogP contribution in [0.15, 0.2) is 30.3 Å². The smallest absolute Gasteiger partial charge is 0.123 e. The van der Waals surface area contributed by atoms with Crippen molar-refractivity contribution in [2.75, 3.05) is 6.54 Å². The molecule has 19 heavy (non-hydrogen) atoms. The zero-order valence-electron chi connectivity index (χ0n) is 11.8. The average molecular weight is 257 g/mol. The lowest BCUT2D eigenvalue weighted by molar-refractivity contribution is 0.627. The summed E-state index contributed by atoms with van der Waals surface area (Å²) in [5, 5.41) is 0. The van der Waals surface area contributed by atoms with Crippen molar-refractivity contribution in [3.05, 3.63) is 58.4 Å². The molecular formula is C17H20FN. The third kappa shape index (κ3) is 2.85. The molecule has 0 atom stereocenters. The van der Waals surface area contributed by atoms with Crippen LogP contribution in [-0.2, 0) is 6.42 Å². The van der Waals surface area contributed by atoms with Gasteiger partial charge in [0.2, 0.25) is 0 Å². The minimum atomic E-state index is -0.189. The van der Waals surface area contributed by atoms with Gasteiger partial charge in [0, 0.05) is 0 Å². The van der Waals surface area contributed by atoms with Crippen molar-refractivity contribution in [1.82, 2.24) is 0 Å². The Morgan fingerprint density at radius 2 is 1.68 bits per heavy atom. The Kier molecular flexibility index (Phi) is 4.01. The van der Waals surface area contributed by atoms with E-state index in [-0.39, 0.29) is 5.82 Å². The van der Waals surface area contributed by atoms with Crippen molar-refractivity contribution in [3.63, 3.8) is 0 Å². The van der Waals surface area contributed by atoms with Gasteiger partial charge in [-0.2, -0.15) is 0 Å². The molecule has 0 aromatic heterocycles. The molecule has 2 rings (SSSR count). The summed E-state index contributed by atoms with van der Waals surface area (Å²) in [6, 6.07) is 9.30. The van der Waals surface area contributed by atoms with E-state index < -0.39 is 0 Å². The predicted molar refractivity (Wildman–Crippen MR) is 78.8 cm³/mol. The van der Waals surface area contributed by atoms with E-state index in [0.29, 0.717) is 6.54 Å². The predicted octanol–water partition coefficient (Wildman–Crippen LogP) is 3.92. The highest BCUT2D eigenvalue weighted by Crippen LogP contribution is 2.30. The van der Waals surface area contributed by atoms with E-state index in [0.717, 1.165) is 17.5 Å². The van der Waals surface area contributed by atoms with Crippen molar-refractivity contribution in [2.45, 2.75) is 27.2 Å². The summed E-state index contributed by atoms with van der Waals surface area (Å²) >= 11 is 0. The second kappa shape index (κ2) is 5.54. The summed E-state index contributed by atoms with van der Waals surface area (Å²) in [5.74, 6) is -0.189. The normalized spacial score (nSPS) is 10.8. The quantitative estimate of drug-likeness (QED) is 0.886. The molecule has 0 aliphatic carbocycles. The lowest BCUT2D eigenvalue weighted by Gasteiger charge is -2.15. The first-order valence-corrected chi connectivity index (χ1v) is 6.59. The van der Waals surface area contributed by atoms with Crippen LogP contribution >= 0.6 is 0 Å². The van der Waals surface area contributed by atoms with E-state index in [1.54, 1.807) is 6.07 Å². The molecule has 0 saturated carbocycles. The lowest BCUT2D eigenvalue weighted by atomic mass is 9.90. The number of benzene rings is 2. The molecule has 0 saturated heterocycles. The summed E-state index contributed by atoms with van der Waals surface area (Å²) < 4.78 is 13.3. The molecule has 100 valence electrons. The van der Waals surface area contributed by atoms with E-state index in [9.17, 15) is 4.39 Å². The van der Waals surface area contributed by atoms with Crippen LogP contribution in [0.2, 0.25) is 0 Å². The molecular weight excluding hydrogens is 237 g/mol. The van der Waals surface area contributed by atoms with Crippen molar-refractivity contribution in [3.8, 4) is 11.1 Å². The first-order valence-electron chi connectivity index (χ1n) is 6.59. The Hall–Kier alpha value is -1.67. The number of hydrogen-bond donors (Lipinski definition) is 1. The molecule has 0 amide bonds. The van der Waals surface area contributed by atoms with Crippen LogP contribution in [-0.4, -0.2) is 6.54 Å². The average Bonchev–Trinajstić information content (AvgIpc) is 2.32. The highest BCUT2D eigenvalue weighted by Gasteiger charge is 2.11. The third-order valence-electron chi connectivity index (χ3n) is 3.49. The molecule has 1 nitrogen and oxygen atoms in total. The molecule has 0 radical (unpaired) electrons. The summed E-state index contributed by atoms with van der Waals surface area (Å²) in [6.45, 7) is 6.77. The van der Waals surface area contributed by atoms with Crippen LogP contribution in [0, 0.1) is 26.6 Å². The van der Waals surface area contributed by atoms with E-state index >= 15 is 0 Å². The number of hydrogen-bond acceptors (Lipinski definition) is 1. The topological polar surface area (TPSA) is 26.0 Å². The van der Waals surface area contributed by atoms with E-state index in [2.05, 4.69) is 26.0 Å². The van der Waals surface area contributed by atoms with Crippen LogP contribution in [0.25, 0.3) is 11.1 Å². The minimum Gasteiger partial charge on any atom is -0.330 e. The fraction of sp³-hybridized carbons (Fsp3) is 0.294. The van der Waals surface area contributed by atoms with Crippen molar-refractivity contribution in [1.29, 1.82) is 0 Å². The largest absolute Gasteiger partial charge is 0.330 e. The van der Waals surface area contributed by atoms with Crippen molar-refractivity contribution >= 4 is 0 Å². The summed E-state index contributed by atoms with van der Waals surface area (Å²) in [5.41, 5.74) is 12.7. The molecule has 0 spiro atoms. The second-order valence-electron chi connectivity index (χ2n) is 5.11. The van der Waals surface area contributed by atoms with Gasteiger partial charge in [0.25, 0.3) is 0 Å². The van der Waals surface area contributed by atoms with Crippen LogP contribution in [0.3, 0.4) is 0 Å². The molecule has 0 fully saturated rings. The lowest BCUT2D eigenvalue weighted by Crippen LogP contribution is -2.06. The Morgan fingerprint density at radius 3 is 2.32 bits per heavy atom. The molecule has 0 aliphatic rings. The maximum atomic E-state index is 13.3. The van der Waals surface area contributed by atoms with E-state index in [1.807, 2.05) is 13.0 Å². The van der Waals surface area contributed by atoms with Gasteiger partial charge in [-0.1, -0.05) is 23.8 Å². The molecule has 2 aromatic rings. The maximum absolute atomic E-state index is 13.3. The molecule has 2 heteroatoms. The van der Waals surface area contributed by atoms with Crippen LogP contribution < -0.4 is 5.73 Å². The van der Waals surface area contributed by atoms with Gasteiger partial charge in [0.15, 0.2) is 0 Å². The van der Waals surface area contributed by atoms with Gasteiger partial charge in [-0.25, -0.2) is 4.39 Å². The Balaban J connectivity index is 2.66. The summed E-state index contributed by atoms with van der Waals surface area (Å²) in [7, 11) is 0. The zero-order chi connectivity index (χ0) is 14.0. The van der Waals surface area contributed by atoms with Gasteiger partial charge in [0.05, 0.1) is 0 Å². The maximum Gasteiger partial charge on any atom is 0.123 e. The van der Waals surface area contributed by atoms with Gasteiger partial charge in [-0.05, 0) is 73.7 Å². The number of halogens is 1. The molecule has 0 heterocycles. The second-order valence-corrected chi connectivity index (χ2v) is 5.11. The van der Waals surface area contributed by atoms with E-state index in [4.69, 9.17) is 5.73 Å². The van der Waals surface area contributed by atoms with Crippen molar-refractivity contribution in [2.24, 2.45) is 5.73 Å². The van der Waals surface area contributed by atoms with Crippen LogP contribution in [0.5, 0.6) is 0 Å². The van der Waals surface area contributed by atoms with Gasteiger partial charge >= 0.3 is 0 Å². The van der Waals surface area contributed by atoms with Crippen molar-refractivity contribution < 1.29 is 4.39 Å². The number of rotatable bonds is 3. The molecule has 2 N–H and O–H groups in total. The highest BCUT2D eigenvalue weighted by atomic mass is 19.1.